The topological polar surface area (TPSA) is 62.5 Å². The van der Waals surface area contributed by atoms with Gasteiger partial charge >= 0.3 is 0 Å². The number of aliphatic hydroxyl groups is 1. The first-order chi connectivity index (χ1) is 10.3. The SMILES string of the molecule is Cc1ccoc1C(=O)NCC(O)c1ccc(C(C)(C)C)cc1. The predicted molar refractivity (Wildman–Crippen MR) is 85.9 cm³/mol. The number of aliphatic hydroxyl groups excluding tert-OH is 1. The summed E-state index contributed by atoms with van der Waals surface area (Å²) in [6, 6.07) is 9.55. The molecule has 1 heterocycles. The molecule has 118 valence electrons. The highest BCUT2D eigenvalue weighted by atomic mass is 16.3. The number of hydrogen-bond acceptors (Lipinski definition) is 3. The van der Waals surface area contributed by atoms with E-state index in [1.165, 1.54) is 11.8 Å². The van der Waals surface area contributed by atoms with Crippen LogP contribution < -0.4 is 5.32 Å². The van der Waals surface area contributed by atoms with Gasteiger partial charge in [0.25, 0.3) is 5.91 Å². The van der Waals surface area contributed by atoms with Gasteiger partial charge in [-0.15, -0.1) is 0 Å². The summed E-state index contributed by atoms with van der Waals surface area (Å²) < 4.78 is 5.12. The van der Waals surface area contributed by atoms with Gasteiger partial charge in [0.05, 0.1) is 12.4 Å². The third-order valence-electron chi connectivity index (χ3n) is 3.69. The zero-order valence-electron chi connectivity index (χ0n) is 13.5. The summed E-state index contributed by atoms with van der Waals surface area (Å²) >= 11 is 0. The maximum absolute atomic E-state index is 11.9. The monoisotopic (exact) mass is 301 g/mol. The molecule has 1 aromatic carbocycles. The van der Waals surface area contributed by atoms with Crippen molar-refractivity contribution in [3.05, 3.63) is 59.0 Å². The van der Waals surface area contributed by atoms with E-state index in [-0.39, 0.29) is 23.6 Å². The van der Waals surface area contributed by atoms with Crippen molar-refractivity contribution in [2.75, 3.05) is 6.54 Å². The maximum Gasteiger partial charge on any atom is 0.287 e. The van der Waals surface area contributed by atoms with Crippen molar-refractivity contribution in [3.8, 4) is 0 Å². The molecular formula is C18H23NO3. The van der Waals surface area contributed by atoms with Gasteiger partial charge in [0.15, 0.2) is 5.76 Å². The number of carbonyl (C=O) groups excluding carboxylic acids is 1. The van der Waals surface area contributed by atoms with Crippen molar-refractivity contribution < 1.29 is 14.3 Å². The second-order valence-corrected chi connectivity index (χ2v) is 6.53. The van der Waals surface area contributed by atoms with Gasteiger partial charge in [0.2, 0.25) is 0 Å². The van der Waals surface area contributed by atoms with Crippen LogP contribution in [0, 0.1) is 6.92 Å². The van der Waals surface area contributed by atoms with E-state index in [0.717, 1.165) is 11.1 Å². The molecule has 22 heavy (non-hydrogen) atoms. The van der Waals surface area contributed by atoms with E-state index in [1.807, 2.05) is 24.3 Å². The van der Waals surface area contributed by atoms with Gasteiger partial charge in [-0.3, -0.25) is 4.79 Å². The lowest BCUT2D eigenvalue weighted by atomic mass is 9.86. The van der Waals surface area contributed by atoms with Gasteiger partial charge in [-0.25, -0.2) is 0 Å². The van der Waals surface area contributed by atoms with Gasteiger partial charge in [-0.05, 0) is 29.5 Å². The van der Waals surface area contributed by atoms with E-state index < -0.39 is 6.10 Å². The molecule has 0 radical (unpaired) electrons. The van der Waals surface area contributed by atoms with Crippen LogP contribution in [0.5, 0.6) is 0 Å². The molecule has 0 saturated carbocycles. The zero-order valence-corrected chi connectivity index (χ0v) is 13.5. The van der Waals surface area contributed by atoms with E-state index >= 15 is 0 Å². The third-order valence-corrected chi connectivity index (χ3v) is 3.69. The van der Waals surface area contributed by atoms with Gasteiger partial charge in [0, 0.05) is 12.1 Å². The van der Waals surface area contributed by atoms with Crippen molar-refractivity contribution in [1.82, 2.24) is 5.32 Å². The van der Waals surface area contributed by atoms with E-state index in [0.29, 0.717) is 0 Å². The Labute approximate surface area is 131 Å². The smallest absolute Gasteiger partial charge is 0.287 e. The Kier molecular flexibility index (Phi) is 4.71. The van der Waals surface area contributed by atoms with E-state index in [1.54, 1.807) is 13.0 Å². The molecule has 0 aliphatic heterocycles. The summed E-state index contributed by atoms with van der Waals surface area (Å²) in [4.78, 5) is 11.9. The first kappa shape index (κ1) is 16.3. The van der Waals surface area contributed by atoms with Crippen molar-refractivity contribution in [2.24, 2.45) is 0 Å². The van der Waals surface area contributed by atoms with Crippen LogP contribution in [0.25, 0.3) is 0 Å². The molecule has 2 N–H and O–H groups in total. The van der Waals surface area contributed by atoms with Gasteiger partial charge in [-0.1, -0.05) is 45.0 Å². The molecule has 1 aromatic heterocycles. The number of benzene rings is 1. The predicted octanol–water partition coefficient (Wildman–Crippen LogP) is 3.35. The minimum Gasteiger partial charge on any atom is -0.459 e. The van der Waals surface area contributed by atoms with E-state index in [9.17, 15) is 9.90 Å². The third kappa shape index (κ3) is 3.77. The van der Waals surface area contributed by atoms with Crippen LogP contribution in [0.4, 0.5) is 0 Å². The van der Waals surface area contributed by atoms with Gasteiger partial charge < -0.3 is 14.8 Å². The highest BCUT2D eigenvalue weighted by Crippen LogP contribution is 2.23. The number of hydrogen-bond donors (Lipinski definition) is 2. The standard InChI is InChI=1S/C18H23NO3/c1-12-9-10-22-16(12)17(21)19-11-15(20)13-5-7-14(8-6-13)18(2,3)4/h5-10,15,20H,11H2,1-4H3,(H,19,21). The first-order valence-electron chi connectivity index (χ1n) is 7.40. The summed E-state index contributed by atoms with van der Waals surface area (Å²) in [6.07, 6.45) is 0.736. The molecule has 2 rings (SSSR count). The van der Waals surface area contributed by atoms with Crippen molar-refractivity contribution in [1.29, 1.82) is 0 Å². The Bertz CT molecular complexity index is 635. The highest BCUT2D eigenvalue weighted by Gasteiger charge is 2.16. The lowest BCUT2D eigenvalue weighted by molar-refractivity contribution is 0.0888. The zero-order chi connectivity index (χ0) is 16.3. The number of nitrogens with one attached hydrogen (secondary N) is 1. The summed E-state index contributed by atoms with van der Waals surface area (Å²) in [5.74, 6) is -0.0249. The van der Waals surface area contributed by atoms with Crippen LogP contribution >= 0.6 is 0 Å². The van der Waals surface area contributed by atoms with Crippen molar-refractivity contribution in [3.63, 3.8) is 0 Å². The molecule has 0 spiro atoms. The van der Waals surface area contributed by atoms with Crippen molar-refractivity contribution >= 4 is 5.91 Å². The molecule has 1 atom stereocenters. The Morgan fingerprint density at radius 2 is 1.86 bits per heavy atom. The van der Waals surface area contributed by atoms with Crippen LogP contribution in [0.2, 0.25) is 0 Å². The fourth-order valence-corrected chi connectivity index (χ4v) is 2.20. The molecule has 4 heteroatoms. The Hall–Kier alpha value is -2.07. The average Bonchev–Trinajstić information content (AvgIpc) is 2.90. The Morgan fingerprint density at radius 3 is 2.36 bits per heavy atom. The Balaban J connectivity index is 1.96. The van der Waals surface area contributed by atoms with Crippen LogP contribution in [0.3, 0.4) is 0 Å². The number of furan rings is 1. The molecule has 0 aliphatic rings. The summed E-state index contributed by atoms with van der Waals surface area (Å²) in [5.41, 5.74) is 2.85. The number of amides is 1. The second kappa shape index (κ2) is 6.36. The molecule has 0 bridgehead atoms. The number of aryl methyl sites for hydroxylation is 1. The minimum atomic E-state index is -0.742. The number of carbonyl (C=O) groups is 1. The van der Waals surface area contributed by atoms with E-state index in [2.05, 4.69) is 26.1 Å². The summed E-state index contributed by atoms with van der Waals surface area (Å²) in [6.45, 7) is 8.38. The van der Waals surface area contributed by atoms with Gasteiger partial charge in [-0.2, -0.15) is 0 Å². The molecule has 1 amide bonds. The fraction of sp³-hybridized carbons (Fsp3) is 0.389. The van der Waals surface area contributed by atoms with Crippen LogP contribution in [0.15, 0.2) is 41.0 Å². The number of rotatable bonds is 4. The first-order valence-corrected chi connectivity index (χ1v) is 7.40. The van der Waals surface area contributed by atoms with Crippen LogP contribution in [0.1, 0.15) is 54.1 Å². The molecular weight excluding hydrogens is 278 g/mol. The van der Waals surface area contributed by atoms with Gasteiger partial charge in [0.1, 0.15) is 0 Å². The molecule has 4 nitrogen and oxygen atoms in total. The van der Waals surface area contributed by atoms with E-state index in [4.69, 9.17) is 4.42 Å². The molecule has 1 unspecified atom stereocenters. The summed E-state index contributed by atoms with van der Waals surface area (Å²) in [5, 5.41) is 12.9. The van der Waals surface area contributed by atoms with Crippen LogP contribution in [-0.2, 0) is 5.41 Å². The fourth-order valence-electron chi connectivity index (χ4n) is 2.20. The Morgan fingerprint density at radius 1 is 1.23 bits per heavy atom. The summed E-state index contributed by atoms with van der Waals surface area (Å²) in [7, 11) is 0. The largest absolute Gasteiger partial charge is 0.459 e. The highest BCUT2D eigenvalue weighted by molar-refractivity contribution is 5.92. The quantitative estimate of drug-likeness (QED) is 0.910. The van der Waals surface area contributed by atoms with Crippen LogP contribution in [-0.4, -0.2) is 17.6 Å². The molecule has 0 saturated heterocycles. The lowest BCUT2D eigenvalue weighted by Crippen LogP contribution is -2.28. The average molecular weight is 301 g/mol. The molecule has 0 aliphatic carbocycles. The molecule has 0 fully saturated rings. The maximum atomic E-state index is 11.9. The van der Waals surface area contributed by atoms with Crippen molar-refractivity contribution in [2.45, 2.75) is 39.2 Å². The lowest BCUT2D eigenvalue weighted by Gasteiger charge is -2.20. The second-order valence-electron chi connectivity index (χ2n) is 6.53. The normalized spacial score (nSPS) is 13.0. The minimum absolute atomic E-state index is 0.0779. The molecule has 2 aromatic rings.